The first kappa shape index (κ1) is 16.1. The molecule has 3 nitrogen and oxygen atoms in total. The molecule has 3 rings (SSSR count). The number of benzene rings is 3. The summed E-state index contributed by atoms with van der Waals surface area (Å²) >= 11 is 0. The van der Waals surface area contributed by atoms with Crippen molar-refractivity contribution in [3.8, 4) is 5.75 Å². The standard InChI is InChI=1S/C21H22N2O/c1-3-23(4-2)20-12-10-18(21(24)14-20)15-22-19-11-9-16-7-5-6-8-17(16)13-19/h5-15,24H,3-4H2,1-2H3. The van der Waals surface area contributed by atoms with Crippen molar-refractivity contribution in [2.24, 2.45) is 4.99 Å². The van der Waals surface area contributed by atoms with Gasteiger partial charge >= 0.3 is 0 Å². The van der Waals surface area contributed by atoms with Gasteiger partial charge in [-0.3, -0.25) is 4.99 Å². The van der Waals surface area contributed by atoms with Crippen LogP contribution in [0.1, 0.15) is 19.4 Å². The van der Waals surface area contributed by atoms with Crippen LogP contribution >= 0.6 is 0 Å². The quantitative estimate of drug-likeness (QED) is 0.661. The largest absolute Gasteiger partial charge is 0.507 e. The molecule has 3 heteroatoms. The average molecular weight is 318 g/mol. The second kappa shape index (κ2) is 7.18. The lowest BCUT2D eigenvalue weighted by Gasteiger charge is -2.21. The van der Waals surface area contributed by atoms with Gasteiger partial charge in [-0.1, -0.05) is 30.3 Å². The number of anilines is 1. The molecule has 0 unspecified atom stereocenters. The third-order valence-electron chi connectivity index (χ3n) is 4.23. The first-order chi connectivity index (χ1) is 11.7. The number of hydrogen-bond donors (Lipinski definition) is 1. The Balaban J connectivity index is 1.85. The van der Waals surface area contributed by atoms with E-state index in [9.17, 15) is 5.11 Å². The monoisotopic (exact) mass is 318 g/mol. The molecule has 0 bridgehead atoms. The van der Waals surface area contributed by atoms with Crippen molar-refractivity contribution < 1.29 is 5.11 Å². The summed E-state index contributed by atoms with van der Waals surface area (Å²) < 4.78 is 0. The Kier molecular flexibility index (Phi) is 4.80. The second-order valence-electron chi connectivity index (χ2n) is 5.71. The predicted molar refractivity (Wildman–Crippen MR) is 103 cm³/mol. The lowest BCUT2D eigenvalue weighted by molar-refractivity contribution is 0.474. The molecule has 0 spiro atoms. The van der Waals surface area contributed by atoms with Crippen molar-refractivity contribution in [3.63, 3.8) is 0 Å². The van der Waals surface area contributed by atoms with Crippen molar-refractivity contribution in [1.82, 2.24) is 0 Å². The number of phenolic OH excluding ortho intramolecular Hbond substituents is 1. The summed E-state index contributed by atoms with van der Waals surface area (Å²) in [6.45, 7) is 6.05. The van der Waals surface area contributed by atoms with Crippen molar-refractivity contribution in [2.75, 3.05) is 18.0 Å². The first-order valence-corrected chi connectivity index (χ1v) is 8.32. The van der Waals surface area contributed by atoms with Gasteiger partial charge in [-0.15, -0.1) is 0 Å². The molecule has 3 aromatic carbocycles. The van der Waals surface area contributed by atoms with Gasteiger partial charge in [-0.25, -0.2) is 0 Å². The summed E-state index contributed by atoms with van der Waals surface area (Å²) in [6, 6.07) is 20.0. The number of phenols is 1. The SMILES string of the molecule is CCN(CC)c1ccc(C=Nc2ccc3ccccc3c2)c(O)c1. The molecule has 0 atom stereocenters. The van der Waals surface area contributed by atoms with Crippen LogP contribution in [0, 0.1) is 0 Å². The third-order valence-corrected chi connectivity index (χ3v) is 4.23. The van der Waals surface area contributed by atoms with Crippen LogP contribution in [0.15, 0.2) is 65.7 Å². The number of fused-ring (bicyclic) bond motifs is 1. The van der Waals surface area contributed by atoms with E-state index in [1.165, 1.54) is 5.39 Å². The topological polar surface area (TPSA) is 35.8 Å². The summed E-state index contributed by atoms with van der Waals surface area (Å²) in [5.41, 5.74) is 2.63. The van der Waals surface area contributed by atoms with E-state index in [2.05, 4.69) is 41.9 Å². The number of aromatic hydroxyl groups is 1. The summed E-state index contributed by atoms with van der Waals surface area (Å²) in [5.74, 6) is 0.254. The van der Waals surface area contributed by atoms with E-state index in [4.69, 9.17) is 0 Å². The molecule has 0 aliphatic rings. The Morgan fingerprint density at radius 1 is 0.917 bits per heavy atom. The molecule has 0 amide bonds. The Bertz CT molecular complexity index is 867. The molecule has 0 radical (unpaired) electrons. The highest BCUT2D eigenvalue weighted by Gasteiger charge is 2.05. The van der Waals surface area contributed by atoms with Gasteiger partial charge in [0.05, 0.1) is 5.69 Å². The molecule has 1 N–H and O–H groups in total. The summed E-state index contributed by atoms with van der Waals surface area (Å²) in [4.78, 5) is 6.70. The number of rotatable bonds is 5. The van der Waals surface area contributed by atoms with Gasteiger partial charge in [0.2, 0.25) is 0 Å². The first-order valence-electron chi connectivity index (χ1n) is 8.32. The number of aliphatic imine (C=N–C) groups is 1. The second-order valence-corrected chi connectivity index (χ2v) is 5.71. The molecular weight excluding hydrogens is 296 g/mol. The molecule has 0 aliphatic carbocycles. The normalized spacial score (nSPS) is 11.2. The molecule has 0 saturated carbocycles. The Labute approximate surface area is 142 Å². The van der Waals surface area contributed by atoms with Gasteiger partial charge in [-0.05, 0) is 48.9 Å². The molecule has 24 heavy (non-hydrogen) atoms. The molecule has 0 aromatic heterocycles. The zero-order chi connectivity index (χ0) is 16.9. The molecule has 0 aliphatic heterocycles. The van der Waals surface area contributed by atoms with E-state index in [0.29, 0.717) is 0 Å². The van der Waals surface area contributed by atoms with Crippen molar-refractivity contribution in [3.05, 3.63) is 66.2 Å². The van der Waals surface area contributed by atoms with Crippen LogP contribution in [0.25, 0.3) is 10.8 Å². The summed E-state index contributed by atoms with van der Waals surface area (Å²) in [5, 5.41) is 12.6. The molecule has 0 fully saturated rings. The van der Waals surface area contributed by atoms with Crippen LogP contribution in [0.3, 0.4) is 0 Å². The van der Waals surface area contributed by atoms with Gasteiger partial charge < -0.3 is 10.0 Å². The third kappa shape index (κ3) is 3.40. The summed E-state index contributed by atoms with van der Waals surface area (Å²) in [6.07, 6.45) is 1.71. The molecule has 122 valence electrons. The maximum absolute atomic E-state index is 10.3. The van der Waals surface area contributed by atoms with Crippen LogP contribution in [-0.2, 0) is 0 Å². The highest BCUT2D eigenvalue weighted by Crippen LogP contribution is 2.25. The highest BCUT2D eigenvalue weighted by molar-refractivity contribution is 5.89. The van der Waals surface area contributed by atoms with Gasteiger partial charge in [0.15, 0.2) is 0 Å². The van der Waals surface area contributed by atoms with E-state index in [0.717, 1.165) is 35.4 Å². The van der Waals surface area contributed by atoms with E-state index in [1.807, 2.05) is 36.4 Å². The van der Waals surface area contributed by atoms with E-state index in [-0.39, 0.29) is 5.75 Å². The highest BCUT2D eigenvalue weighted by atomic mass is 16.3. The zero-order valence-corrected chi connectivity index (χ0v) is 14.1. The fourth-order valence-corrected chi connectivity index (χ4v) is 2.83. The Hall–Kier alpha value is -2.81. The minimum Gasteiger partial charge on any atom is -0.507 e. The molecule has 3 aromatic rings. The van der Waals surface area contributed by atoms with Crippen LogP contribution in [0.5, 0.6) is 5.75 Å². The van der Waals surface area contributed by atoms with E-state index >= 15 is 0 Å². The Morgan fingerprint density at radius 3 is 2.38 bits per heavy atom. The lowest BCUT2D eigenvalue weighted by Crippen LogP contribution is -2.21. The van der Waals surface area contributed by atoms with E-state index < -0.39 is 0 Å². The van der Waals surface area contributed by atoms with Crippen LogP contribution in [0.4, 0.5) is 11.4 Å². The van der Waals surface area contributed by atoms with Crippen molar-refractivity contribution in [2.45, 2.75) is 13.8 Å². The zero-order valence-electron chi connectivity index (χ0n) is 14.1. The summed E-state index contributed by atoms with van der Waals surface area (Å²) in [7, 11) is 0. The molecular formula is C21H22N2O. The molecule has 0 saturated heterocycles. The van der Waals surface area contributed by atoms with Gasteiger partial charge in [0.25, 0.3) is 0 Å². The fraction of sp³-hybridized carbons (Fsp3) is 0.190. The maximum Gasteiger partial charge on any atom is 0.126 e. The van der Waals surface area contributed by atoms with Crippen LogP contribution in [0.2, 0.25) is 0 Å². The number of hydrogen-bond acceptors (Lipinski definition) is 3. The number of nitrogens with zero attached hydrogens (tertiary/aromatic N) is 2. The van der Waals surface area contributed by atoms with Crippen molar-refractivity contribution >= 4 is 28.4 Å². The van der Waals surface area contributed by atoms with Crippen LogP contribution in [-0.4, -0.2) is 24.4 Å². The Morgan fingerprint density at radius 2 is 1.67 bits per heavy atom. The fourth-order valence-electron chi connectivity index (χ4n) is 2.83. The van der Waals surface area contributed by atoms with E-state index in [1.54, 1.807) is 12.3 Å². The maximum atomic E-state index is 10.3. The smallest absolute Gasteiger partial charge is 0.126 e. The predicted octanol–water partition coefficient (Wildman–Crippen LogP) is 5.14. The molecule has 0 heterocycles. The van der Waals surface area contributed by atoms with Gasteiger partial charge in [0, 0.05) is 36.6 Å². The van der Waals surface area contributed by atoms with Crippen LogP contribution < -0.4 is 4.90 Å². The van der Waals surface area contributed by atoms with Gasteiger partial charge in [0.1, 0.15) is 5.75 Å². The lowest BCUT2D eigenvalue weighted by atomic mass is 10.1. The van der Waals surface area contributed by atoms with Crippen molar-refractivity contribution in [1.29, 1.82) is 0 Å². The average Bonchev–Trinajstić information content (AvgIpc) is 2.62. The minimum absolute atomic E-state index is 0.254. The minimum atomic E-state index is 0.254. The van der Waals surface area contributed by atoms with Gasteiger partial charge in [-0.2, -0.15) is 0 Å².